The molecule has 0 aromatic heterocycles. The first-order valence-corrected chi connectivity index (χ1v) is 7.24. The number of ether oxygens (including phenoxy) is 1. The lowest BCUT2D eigenvalue weighted by Gasteiger charge is -2.22. The van der Waals surface area contributed by atoms with E-state index < -0.39 is 0 Å². The summed E-state index contributed by atoms with van der Waals surface area (Å²) in [6.45, 7) is 2.43. The second-order valence-electron chi connectivity index (χ2n) is 4.15. The van der Waals surface area contributed by atoms with Crippen LogP contribution in [0.3, 0.4) is 0 Å². The van der Waals surface area contributed by atoms with E-state index in [2.05, 4.69) is 22.8 Å². The first kappa shape index (κ1) is 16.3. The van der Waals surface area contributed by atoms with E-state index >= 15 is 0 Å². The van der Waals surface area contributed by atoms with Crippen LogP contribution in [-0.4, -0.2) is 38.0 Å². The molecule has 19 heavy (non-hydrogen) atoms. The fraction of sp³-hybridized carbons (Fsp3) is 0.462. The maximum Gasteiger partial charge on any atom is 0.239 e. The maximum atomic E-state index is 11.8. The van der Waals surface area contributed by atoms with Gasteiger partial charge in [-0.3, -0.25) is 4.79 Å². The molecule has 1 aliphatic rings. The Morgan fingerprint density at radius 3 is 2.79 bits per heavy atom. The predicted molar refractivity (Wildman–Crippen MR) is 79.9 cm³/mol. The topological polar surface area (TPSA) is 50.4 Å². The molecular weight excluding hydrogens is 284 g/mol. The van der Waals surface area contributed by atoms with Gasteiger partial charge in [0.2, 0.25) is 5.91 Å². The molecule has 1 aromatic carbocycles. The van der Waals surface area contributed by atoms with Gasteiger partial charge in [0.05, 0.1) is 13.2 Å². The molecule has 0 spiro atoms. The molecule has 1 amide bonds. The van der Waals surface area contributed by atoms with Crippen molar-refractivity contribution in [1.29, 1.82) is 0 Å². The number of thioether (sulfide) groups is 1. The van der Waals surface area contributed by atoms with Crippen LogP contribution in [0.4, 0.5) is 0 Å². The Bertz CT molecular complexity index is 394. The summed E-state index contributed by atoms with van der Waals surface area (Å²) in [4.78, 5) is 13.1. The van der Waals surface area contributed by atoms with Gasteiger partial charge in [0.15, 0.2) is 0 Å². The van der Waals surface area contributed by atoms with Crippen LogP contribution in [0.25, 0.3) is 0 Å². The van der Waals surface area contributed by atoms with E-state index in [4.69, 9.17) is 4.74 Å². The summed E-state index contributed by atoms with van der Waals surface area (Å²) in [5.41, 5.74) is 1.11. The number of hydrogen-bond donors (Lipinski definition) is 2. The third-order valence-corrected chi connectivity index (χ3v) is 3.61. The van der Waals surface area contributed by atoms with E-state index in [1.165, 1.54) is 4.90 Å². The van der Waals surface area contributed by atoms with Gasteiger partial charge in [-0.25, -0.2) is 0 Å². The van der Waals surface area contributed by atoms with Crippen LogP contribution in [0.2, 0.25) is 0 Å². The number of rotatable bonds is 4. The molecule has 0 radical (unpaired) electrons. The number of hydrogen-bond acceptors (Lipinski definition) is 4. The molecular formula is C13H19ClN2O2S. The molecule has 1 unspecified atom stereocenters. The fourth-order valence-corrected chi connectivity index (χ4v) is 2.20. The van der Waals surface area contributed by atoms with E-state index in [-0.39, 0.29) is 24.4 Å². The van der Waals surface area contributed by atoms with Crippen LogP contribution in [0.5, 0.6) is 0 Å². The van der Waals surface area contributed by atoms with Gasteiger partial charge in [-0.05, 0) is 24.0 Å². The standard InChI is InChI=1S/C13H18N2O2S.ClH/c1-18-11-4-2-10(3-5-11)8-15-13(16)12-9-17-7-6-14-12;/h2-5,12,14H,6-9H2,1H3,(H,15,16);1H. The largest absolute Gasteiger partial charge is 0.378 e. The molecule has 4 nitrogen and oxygen atoms in total. The van der Waals surface area contributed by atoms with Crippen molar-refractivity contribution in [3.63, 3.8) is 0 Å². The number of carbonyl (C=O) groups excluding carboxylic acids is 1. The van der Waals surface area contributed by atoms with E-state index in [9.17, 15) is 4.79 Å². The van der Waals surface area contributed by atoms with Crippen molar-refractivity contribution in [1.82, 2.24) is 10.6 Å². The Balaban J connectivity index is 0.00000180. The molecule has 1 fully saturated rings. The maximum absolute atomic E-state index is 11.8. The van der Waals surface area contributed by atoms with E-state index in [0.29, 0.717) is 19.8 Å². The summed E-state index contributed by atoms with van der Waals surface area (Å²) >= 11 is 1.71. The molecule has 0 saturated carbocycles. The molecule has 6 heteroatoms. The molecule has 2 rings (SSSR count). The summed E-state index contributed by atoms with van der Waals surface area (Å²) in [6.07, 6.45) is 2.05. The number of nitrogens with one attached hydrogen (secondary N) is 2. The van der Waals surface area contributed by atoms with E-state index in [1.807, 2.05) is 18.4 Å². The SMILES string of the molecule is CSc1ccc(CNC(=O)C2COCCN2)cc1.Cl. The number of carbonyl (C=O) groups is 1. The smallest absolute Gasteiger partial charge is 0.239 e. The number of halogens is 1. The third kappa shape index (κ3) is 5.03. The second kappa shape index (κ2) is 8.43. The van der Waals surface area contributed by atoms with Crippen molar-refractivity contribution < 1.29 is 9.53 Å². The first-order valence-electron chi connectivity index (χ1n) is 6.01. The minimum Gasteiger partial charge on any atom is -0.378 e. The highest BCUT2D eigenvalue weighted by Gasteiger charge is 2.20. The lowest BCUT2D eigenvalue weighted by atomic mass is 10.2. The van der Waals surface area contributed by atoms with Gasteiger partial charge in [-0.1, -0.05) is 12.1 Å². The molecule has 1 heterocycles. The molecule has 1 aliphatic heterocycles. The van der Waals surface area contributed by atoms with Crippen LogP contribution in [-0.2, 0) is 16.1 Å². The third-order valence-electron chi connectivity index (χ3n) is 2.86. The highest BCUT2D eigenvalue weighted by molar-refractivity contribution is 7.98. The molecule has 1 aromatic rings. The predicted octanol–water partition coefficient (Wildman–Crippen LogP) is 1.43. The molecule has 0 bridgehead atoms. The van der Waals surface area contributed by atoms with Crippen molar-refractivity contribution in [2.75, 3.05) is 26.0 Å². The van der Waals surface area contributed by atoms with Crippen LogP contribution in [0.15, 0.2) is 29.2 Å². The Morgan fingerprint density at radius 2 is 2.21 bits per heavy atom. The Morgan fingerprint density at radius 1 is 1.47 bits per heavy atom. The van der Waals surface area contributed by atoms with Crippen LogP contribution in [0, 0.1) is 0 Å². The monoisotopic (exact) mass is 302 g/mol. The number of morpholine rings is 1. The summed E-state index contributed by atoms with van der Waals surface area (Å²) < 4.78 is 5.26. The van der Waals surface area contributed by atoms with Crippen molar-refractivity contribution in [2.45, 2.75) is 17.5 Å². The molecule has 0 aliphatic carbocycles. The van der Waals surface area contributed by atoms with Gasteiger partial charge in [0.25, 0.3) is 0 Å². The summed E-state index contributed by atoms with van der Waals surface area (Å²) in [5.74, 6) is 0.00337. The van der Waals surface area contributed by atoms with Gasteiger partial charge in [0.1, 0.15) is 6.04 Å². The van der Waals surface area contributed by atoms with Crippen LogP contribution >= 0.6 is 24.2 Å². The van der Waals surface area contributed by atoms with Crippen LogP contribution < -0.4 is 10.6 Å². The van der Waals surface area contributed by atoms with Crippen molar-refractivity contribution in [2.24, 2.45) is 0 Å². The lowest BCUT2D eigenvalue weighted by molar-refractivity contribution is -0.126. The quantitative estimate of drug-likeness (QED) is 0.826. The van der Waals surface area contributed by atoms with Gasteiger partial charge in [-0.15, -0.1) is 24.2 Å². The Kier molecular flexibility index (Phi) is 7.23. The highest BCUT2D eigenvalue weighted by Crippen LogP contribution is 2.14. The molecule has 2 N–H and O–H groups in total. The van der Waals surface area contributed by atoms with Gasteiger partial charge in [-0.2, -0.15) is 0 Å². The average Bonchev–Trinajstić information content (AvgIpc) is 2.46. The van der Waals surface area contributed by atoms with Crippen molar-refractivity contribution >= 4 is 30.1 Å². The first-order chi connectivity index (χ1) is 8.79. The summed E-state index contributed by atoms with van der Waals surface area (Å²) in [5, 5.41) is 6.05. The van der Waals surface area contributed by atoms with E-state index in [0.717, 1.165) is 12.1 Å². The van der Waals surface area contributed by atoms with Crippen LogP contribution in [0.1, 0.15) is 5.56 Å². The highest BCUT2D eigenvalue weighted by atomic mass is 35.5. The second-order valence-corrected chi connectivity index (χ2v) is 5.03. The molecule has 106 valence electrons. The molecule has 1 atom stereocenters. The lowest BCUT2D eigenvalue weighted by Crippen LogP contribution is -2.51. The summed E-state index contributed by atoms with van der Waals surface area (Å²) in [7, 11) is 0. The fourth-order valence-electron chi connectivity index (χ4n) is 1.79. The van der Waals surface area contributed by atoms with E-state index in [1.54, 1.807) is 11.8 Å². The number of benzene rings is 1. The van der Waals surface area contributed by atoms with Crippen molar-refractivity contribution in [3.05, 3.63) is 29.8 Å². The van der Waals surface area contributed by atoms with Gasteiger partial charge >= 0.3 is 0 Å². The van der Waals surface area contributed by atoms with Crippen molar-refractivity contribution in [3.8, 4) is 0 Å². The van der Waals surface area contributed by atoms with Gasteiger partial charge < -0.3 is 15.4 Å². The number of amides is 1. The normalized spacial score (nSPS) is 18.5. The Labute approximate surface area is 124 Å². The zero-order valence-corrected chi connectivity index (χ0v) is 12.5. The minimum absolute atomic E-state index is 0. The minimum atomic E-state index is -0.218. The zero-order chi connectivity index (χ0) is 12.8. The van der Waals surface area contributed by atoms with Gasteiger partial charge in [0, 0.05) is 18.0 Å². The molecule has 1 saturated heterocycles. The zero-order valence-electron chi connectivity index (χ0n) is 10.8. The Hall–Kier alpha value is -0.750. The average molecular weight is 303 g/mol. The summed E-state index contributed by atoms with van der Waals surface area (Å²) in [6, 6.07) is 7.99.